The number of nitrogens with zero attached hydrogens (tertiary/aromatic N) is 1. The molecule has 0 aliphatic carbocycles. The minimum absolute atomic E-state index is 0.0204. The molecule has 0 bridgehead atoms. The van der Waals surface area contributed by atoms with Crippen LogP contribution in [0.4, 0.5) is 0 Å². The van der Waals surface area contributed by atoms with Gasteiger partial charge in [0.1, 0.15) is 17.3 Å². The van der Waals surface area contributed by atoms with Crippen molar-refractivity contribution in [3.63, 3.8) is 0 Å². The van der Waals surface area contributed by atoms with Crippen LogP contribution >= 0.6 is 0 Å². The molecule has 2 heterocycles. The van der Waals surface area contributed by atoms with Crippen LogP contribution in [0.2, 0.25) is 0 Å². The summed E-state index contributed by atoms with van der Waals surface area (Å²) in [6.45, 7) is 2.43. The fraction of sp³-hybridized carbons (Fsp3) is 0.231. The Morgan fingerprint density at radius 3 is 2.38 bits per heavy atom. The topological polar surface area (TPSA) is 98.4 Å². The lowest BCUT2D eigenvalue weighted by molar-refractivity contribution is -0.140. The number of likely N-dealkylation sites (tertiary alicyclic amines) is 1. The standard InChI is InChI=1S/C26H25NO7/c1-4-33-18-10-7-16(8-11-18)24(28)22-23(17-9-12-20(31-2)21(14-17)32-3)27(26(30)25(22)29)15-19-6-5-13-34-19/h5-14,23,28H,4,15H2,1-3H3/b24-22+. The Labute approximate surface area is 197 Å². The van der Waals surface area contributed by atoms with Crippen molar-refractivity contribution >= 4 is 17.4 Å². The van der Waals surface area contributed by atoms with Gasteiger partial charge in [-0.25, -0.2) is 0 Å². The largest absolute Gasteiger partial charge is 0.507 e. The highest BCUT2D eigenvalue weighted by Crippen LogP contribution is 2.42. The van der Waals surface area contributed by atoms with Gasteiger partial charge in [-0.05, 0) is 61.0 Å². The molecule has 4 rings (SSSR count). The van der Waals surface area contributed by atoms with Gasteiger partial charge in [-0.3, -0.25) is 9.59 Å². The second-order valence-corrected chi connectivity index (χ2v) is 7.58. The van der Waals surface area contributed by atoms with E-state index in [1.54, 1.807) is 54.6 Å². The van der Waals surface area contributed by atoms with E-state index in [0.717, 1.165) is 0 Å². The zero-order valence-corrected chi connectivity index (χ0v) is 19.1. The molecule has 34 heavy (non-hydrogen) atoms. The predicted octanol–water partition coefficient (Wildman–Crippen LogP) is 4.32. The first-order chi connectivity index (χ1) is 16.5. The maximum Gasteiger partial charge on any atom is 0.296 e. The Morgan fingerprint density at radius 2 is 1.76 bits per heavy atom. The lowest BCUT2D eigenvalue weighted by atomic mass is 9.95. The van der Waals surface area contributed by atoms with Crippen molar-refractivity contribution in [2.75, 3.05) is 20.8 Å². The molecule has 1 amide bonds. The van der Waals surface area contributed by atoms with Crippen LogP contribution in [0.3, 0.4) is 0 Å². The number of aliphatic hydroxyl groups excluding tert-OH is 1. The van der Waals surface area contributed by atoms with Crippen LogP contribution in [0, 0.1) is 0 Å². The molecule has 1 atom stereocenters. The van der Waals surface area contributed by atoms with Gasteiger partial charge < -0.3 is 28.6 Å². The summed E-state index contributed by atoms with van der Waals surface area (Å²) in [5.74, 6) is 0.289. The number of hydrogen-bond acceptors (Lipinski definition) is 7. The zero-order chi connectivity index (χ0) is 24.2. The summed E-state index contributed by atoms with van der Waals surface area (Å²) in [5, 5.41) is 11.2. The van der Waals surface area contributed by atoms with Gasteiger partial charge in [0.25, 0.3) is 11.7 Å². The number of hydrogen-bond donors (Lipinski definition) is 1. The minimum Gasteiger partial charge on any atom is -0.507 e. The highest BCUT2D eigenvalue weighted by molar-refractivity contribution is 6.46. The molecular formula is C26H25NO7. The Balaban J connectivity index is 1.85. The average Bonchev–Trinajstić information content (AvgIpc) is 3.46. The molecule has 1 saturated heterocycles. The highest BCUT2D eigenvalue weighted by atomic mass is 16.5. The number of carbonyl (C=O) groups excluding carboxylic acids is 2. The zero-order valence-electron chi connectivity index (χ0n) is 19.1. The van der Waals surface area contributed by atoms with E-state index in [1.807, 2.05) is 6.92 Å². The third kappa shape index (κ3) is 4.22. The van der Waals surface area contributed by atoms with Gasteiger partial charge in [0, 0.05) is 5.56 Å². The summed E-state index contributed by atoms with van der Waals surface area (Å²) in [4.78, 5) is 27.6. The van der Waals surface area contributed by atoms with E-state index in [0.29, 0.717) is 40.7 Å². The van der Waals surface area contributed by atoms with Crippen molar-refractivity contribution in [1.82, 2.24) is 4.90 Å². The Bertz CT molecular complexity index is 1210. The summed E-state index contributed by atoms with van der Waals surface area (Å²) >= 11 is 0. The van der Waals surface area contributed by atoms with Gasteiger partial charge >= 0.3 is 0 Å². The molecule has 8 heteroatoms. The number of methoxy groups -OCH3 is 2. The summed E-state index contributed by atoms with van der Waals surface area (Å²) in [5.41, 5.74) is 0.953. The minimum atomic E-state index is -0.864. The highest BCUT2D eigenvalue weighted by Gasteiger charge is 2.46. The van der Waals surface area contributed by atoms with E-state index < -0.39 is 17.7 Å². The van der Waals surface area contributed by atoms with E-state index in [1.165, 1.54) is 25.4 Å². The van der Waals surface area contributed by atoms with E-state index in [-0.39, 0.29) is 17.9 Å². The second-order valence-electron chi connectivity index (χ2n) is 7.58. The van der Waals surface area contributed by atoms with Gasteiger partial charge in [-0.15, -0.1) is 0 Å². The maximum atomic E-state index is 13.2. The van der Waals surface area contributed by atoms with E-state index >= 15 is 0 Å². The smallest absolute Gasteiger partial charge is 0.296 e. The second kappa shape index (κ2) is 9.74. The average molecular weight is 463 g/mol. The third-order valence-electron chi connectivity index (χ3n) is 5.61. The van der Waals surface area contributed by atoms with Crippen LogP contribution in [-0.2, 0) is 16.1 Å². The number of ketones is 1. The Morgan fingerprint density at radius 1 is 1.03 bits per heavy atom. The summed E-state index contributed by atoms with van der Waals surface area (Å²) in [6.07, 6.45) is 1.50. The fourth-order valence-electron chi connectivity index (χ4n) is 4.01. The van der Waals surface area contributed by atoms with Gasteiger partial charge in [0.05, 0.1) is 45.2 Å². The normalized spacial score (nSPS) is 17.1. The lowest BCUT2D eigenvalue weighted by Gasteiger charge is -2.25. The van der Waals surface area contributed by atoms with E-state index in [4.69, 9.17) is 18.6 Å². The van der Waals surface area contributed by atoms with Crippen LogP contribution in [0.1, 0.15) is 29.9 Å². The van der Waals surface area contributed by atoms with Crippen LogP contribution in [0.15, 0.2) is 70.9 Å². The molecule has 2 aromatic carbocycles. The molecule has 1 aliphatic heterocycles. The molecular weight excluding hydrogens is 438 g/mol. The first kappa shape index (κ1) is 23.0. The monoisotopic (exact) mass is 463 g/mol. The molecule has 0 saturated carbocycles. The number of aliphatic hydroxyl groups is 1. The fourth-order valence-corrected chi connectivity index (χ4v) is 4.01. The third-order valence-corrected chi connectivity index (χ3v) is 5.61. The number of benzene rings is 2. The summed E-state index contributed by atoms with van der Waals surface area (Å²) < 4.78 is 21.6. The van der Waals surface area contributed by atoms with E-state index in [2.05, 4.69) is 0 Å². The number of furan rings is 1. The number of carbonyl (C=O) groups is 2. The van der Waals surface area contributed by atoms with Crippen molar-refractivity contribution in [2.45, 2.75) is 19.5 Å². The lowest BCUT2D eigenvalue weighted by Crippen LogP contribution is -2.29. The first-order valence-electron chi connectivity index (χ1n) is 10.7. The number of Topliss-reactive ketones (excluding diaryl/α,β-unsaturated/α-hetero) is 1. The Kier molecular flexibility index (Phi) is 6.58. The van der Waals surface area contributed by atoms with Gasteiger partial charge in [0.2, 0.25) is 0 Å². The Hall–Kier alpha value is -4.20. The first-order valence-corrected chi connectivity index (χ1v) is 10.7. The molecule has 176 valence electrons. The van der Waals surface area contributed by atoms with Crippen LogP contribution in [0.25, 0.3) is 5.76 Å². The van der Waals surface area contributed by atoms with Gasteiger partial charge in [0.15, 0.2) is 11.5 Å². The van der Waals surface area contributed by atoms with Crippen LogP contribution < -0.4 is 14.2 Å². The van der Waals surface area contributed by atoms with Gasteiger partial charge in [-0.1, -0.05) is 6.07 Å². The molecule has 0 radical (unpaired) electrons. The molecule has 1 aliphatic rings. The van der Waals surface area contributed by atoms with Gasteiger partial charge in [-0.2, -0.15) is 0 Å². The number of rotatable bonds is 8. The summed E-state index contributed by atoms with van der Waals surface area (Å²) in [6, 6.07) is 14.4. The van der Waals surface area contributed by atoms with Crippen LogP contribution in [-0.4, -0.2) is 42.5 Å². The molecule has 8 nitrogen and oxygen atoms in total. The maximum absolute atomic E-state index is 13.2. The SMILES string of the molecule is CCOc1ccc(/C(O)=C2\C(=O)C(=O)N(Cc3ccco3)C2c2ccc(OC)c(OC)c2)cc1. The van der Waals surface area contributed by atoms with Crippen LogP contribution in [0.5, 0.6) is 17.2 Å². The summed E-state index contributed by atoms with van der Waals surface area (Å²) in [7, 11) is 3.02. The quantitative estimate of drug-likeness (QED) is 0.302. The molecule has 3 aromatic rings. The van der Waals surface area contributed by atoms with Crippen molar-refractivity contribution in [2.24, 2.45) is 0 Å². The van der Waals surface area contributed by atoms with Crippen molar-refractivity contribution in [1.29, 1.82) is 0 Å². The number of amides is 1. The van der Waals surface area contributed by atoms with E-state index in [9.17, 15) is 14.7 Å². The number of ether oxygens (including phenoxy) is 3. The molecule has 1 N–H and O–H groups in total. The molecule has 1 aromatic heterocycles. The molecule has 1 fully saturated rings. The van der Waals surface area contributed by atoms with Crippen molar-refractivity contribution in [3.8, 4) is 17.2 Å². The predicted molar refractivity (Wildman–Crippen MR) is 124 cm³/mol. The molecule has 0 spiro atoms. The van der Waals surface area contributed by atoms with Crippen molar-refractivity contribution in [3.05, 3.63) is 83.3 Å². The molecule has 1 unspecified atom stereocenters. The van der Waals surface area contributed by atoms with Crippen molar-refractivity contribution < 1.29 is 33.3 Å².